The summed E-state index contributed by atoms with van der Waals surface area (Å²) in [6.45, 7) is 4.48. The molecule has 0 amide bonds. The summed E-state index contributed by atoms with van der Waals surface area (Å²) in [4.78, 5) is 12.1. The Bertz CT molecular complexity index is 949. The van der Waals surface area contributed by atoms with Crippen LogP contribution in [0.15, 0.2) is 40.0 Å². The van der Waals surface area contributed by atoms with Gasteiger partial charge in [0.15, 0.2) is 0 Å². The van der Waals surface area contributed by atoms with Gasteiger partial charge < -0.3 is 4.74 Å². The molecule has 26 heavy (non-hydrogen) atoms. The summed E-state index contributed by atoms with van der Waals surface area (Å²) in [7, 11) is -3.66. The van der Waals surface area contributed by atoms with Crippen molar-refractivity contribution >= 4 is 10.0 Å². The summed E-state index contributed by atoms with van der Waals surface area (Å²) in [5.41, 5.74) is 1.42. The predicted octanol–water partition coefficient (Wildman–Crippen LogP) is 1.81. The van der Waals surface area contributed by atoms with Crippen molar-refractivity contribution in [1.29, 1.82) is 0 Å². The van der Waals surface area contributed by atoms with Crippen molar-refractivity contribution in [2.45, 2.75) is 44.0 Å². The lowest BCUT2D eigenvalue weighted by Crippen LogP contribution is -2.32. The number of hydrogen-bond acceptors (Lipinski definition) is 5. The van der Waals surface area contributed by atoms with Crippen molar-refractivity contribution in [3.63, 3.8) is 0 Å². The molecule has 1 aromatic carbocycles. The third-order valence-corrected chi connectivity index (χ3v) is 5.71. The molecule has 0 aliphatic heterocycles. The molecule has 0 atom stereocenters. The molecule has 1 aliphatic rings. The summed E-state index contributed by atoms with van der Waals surface area (Å²) in [5, 5.41) is 4.33. The van der Waals surface area contributed by atoms with Gasteiger partial charge in [-0.25, -0.2) is 17.8 Å². The molecule has 2 aromatic rings. The molecule has 1 heterocycles. The lowest BCUT2D eigenvalue weighted by molar-refractivity contribution is 0.337. The van der Waals surface area contributed by atoms with Crippen molar-refractivity contribution < 1.29 is 13.2 Å². The number of benzene rings is 1. The topological polar surface area (TPSA) is 90.3 Å². The number of aryl methyl sites for hydroxylation is 1. The van der Waals surface area contributed by atoms with Crippen LogP contribution in [0.4, 0.5) is 0 Å². The highest BCUT2D eigenvalue weighted by Crippen LogP contribution is 2.38. The molecular formula is C18H23N3O4S. The monoisotopic (exact) mass is 377 g/mol. The second-order valence-corrected chi connectivity index (χ2v) is 8.12. The zero-order chi connectivity index (χ0) is 18.7. The van der Waals surface area contributed by atoms with Crippen LogP contribution >= 0.6 is 0 Å². The van der Waals surface area contributed by atoms with E-state index in [2.05, 4.69) is 9.82 Å². The third kappa shape index (κ3) is 4.31. The highest BCUT2D eigenvalue weighted by Gasteiger charge is 2.25. The van der Waals surface area contributed by atoms with E-state index in [0.717, 1.165) is 24.1 Å². The molecule has 0 spiro atoms. The molecule has 3 rings (SSSR count). The first-order valence-electron chi connectivity index (χ1n) is 8.72. The standard InChI is InChI=1S/C18H23N3O4S/c1-3-25-17-8-6-15(12-13(17)2)26(23,24)19-10-11-21-18(22)9-7-16(20-21)14-4-5-14/h6-9,12,14,19H,3-5,10-11H2,1-2H3. The van der Waals surface area contributed by atoms with Crippen molar-refractivity contribution in [1.82, 2.24) is 14.5 Å². The maximum absolute atomic E-state index is 12.5. The first kappa shape index (κ1) is 18.6. The molecule has 0 unspecified atom stereocenters. The Balaban J connectivity index is 1.66. The fourth-order valence-electron chi connectivity index (χ4n) is 2.70. The molecule has 1 fully saturated rings. The summed E-state index contributed by atoms with van der Waals surface area (Å²) < 4.78 is 34.2. The van der Waals surface area contributed by atoms with E-state index in [4.69, 9.17) is 4.74 Å². The van der Waals surface area contributed by atoms with Crippen LogP contribution in [0.2, 0.25) is 0 Å². The zero-order valence-electron chi connectivity index (χ0n) is 14.9. The van der Waals surface area contributed by atoms with E-state index < -0.39 is 10.0 Å². The minimum absolute atomic E-state index is 0.0929. The second kappa shape index (κ2) is 7.59. The second-order valence-electron chi connectivity index (χ2n) is 6.35. The van der Waals surface area contributed by atoms with Gasteiger partial charge in [0.25, 0.3) is 5.56 Å². The largest absolute Gasteiger partial charge is 0.494 e. The average molecular weight is 377 g/mol. The smallest absolute Gasteiger partial charge is 0.266 e. The zero-order valence-corrected chi connectivity index (χ0v) is 15.8. The number of aromatic nitrogens is 2. The molecule has 0 radical (unpaired) electrons. The van der Waals surface area contributed by atoms with Crippen LogP contribution in [-0.4, -0.2) is 31.3 Å². The lowest BCUT2D eigenvalue weighted by Gasteiger charge is -2.11. The van der Waals surface area contributed by atoms with E-state index in [9.17, 15) is 13.2 Å². The maximum Gasteiger partial charge on any atom is 0.266 e. The van der Waals surface area contributed by atoms with Crippen LogP contribution in [0.25, 0.3) is 0 Å². The summed E-state index contributed by atoms with van der Waals surface area (Å²) >= 11 is 0. The molecule has 1 aliphatic carbocycles. The Morgan fingerprint density at radius 1 is 1.27 bits per heavy atom. The van der Waals surface area contributed by atoms with Crippen LogP contribution in [0.3, 0.4) is 0 Å². The Morgan fingerprint density at radius 2 is 2.04 bits per heavy atom. The molecule has 1 saturated carbocycles. The van der Waals surface area contributed by atoms with Crippen LogP contribution in [0, 0.1) is 6.92 Å². The molecule has 7 nitrogen and oxygen atoms in total. The predicted molar refractivity (Wildman–Crippen MR) is 98.0 cm³/mol. The SMILES string of the molecule is CCOc1ccc(S(=O)(=O)NCCn2nc(C3CC3)ccc2=O)cc1C. The van der Waals surface area contributed by atoms with Crippen molar-refractivity contribution in [3.8, 4) is 5.75 Å². The fourth-order valence-corrected chi connectivity index (χ4v) is 3.80. The molecular weight excluding hydrogens is 354 g/mol. The van der Waals surface area contributed by atoms with Crippen LogP contribution in [0.5, 0.6) is 5.75 Å². The van der Waals surface area contributed by atoms with E-state index >= 15 is 0 Å². The van der Waals surface area contributed by atoms with Gasteiger partial charge in [0.1, 0.15) is 5.75 Å². The minimum Gasteiger partial charge on any atom is -0.494 e. The van der Waals surface area contributed by atoms with Gasteiger partial charge in [0.2, 0.25) is 10.0 Å². The fraction of sp³-hybridized carbons (Fsp3) is 0.444. The molecule has 140 valence electrons. The van der Waals surface area contributed by atoms with E-state index in [1.807, 2.05) is 6.92 Å². The molecule has 1 aromatic heterocycles. The number of ether oxygens (including phenoxy) is 1. The average Bonchev–Trinajstić information content (AvgIpc) is 3.43. The van der Waals surface area contributed by atoms with Crippen molar-refractivity contribution in [2.24, 2.45) is 0 Å². The van der Waals surface area contributed by atoms with Gasteiger partial charge in [-0.15, -0.1) is 0 Å². The molecule has 0 saturated heterocycles. The summed E-state index contributed by atoms with van der Waals surface area (Å²) in [6.07, 6.45) is 2.18. The van der Waals surface area contributed by atoms with E-state index in [1.54, 1.807) is 25.1 Å². The van der Waals surface area contributed by atoms with Crippen molar-refractivity contribution in [3.05, 3.63) is 51.9 Å². The molecule has 0 bridgehead atoms. The molecule has 8 heteroatoms. The normalized spacial score (nSPS) is 14.4. The number of nitrogens with zero attached hydrogens (tertiary/aromatic N) is 2. The van der Waals surface area contributed by atoms with E-state index in [0.29, 0.717) is 18.3 Å². The summed E-state index contributed by atoms with van der Waals surface area (Å²) in [6, 6.07) is 7.98. The van der Waals surface area contributed by atoms with Crippen LogP contribution < -0.4 is 15.0 Å². The van der Waals surface area contributed by atoms with Gasteiger partial charge in [0.05, 0.1) is 23.7 Å². The lowest BCUT2D eigenvalue weighted by atomic mass is 10.2. The first-order chi connectivity index (χ1) is 12.4. The first-order valence-corrected chi connectivity index (χ1v) is 10.2. The minimum atomic E-state index is -3.66. The Labute approximate surface area is 153 Å². The number of hydrogen-bond donors (Lipinski definition) is 1. The number of nitrogens with one attached hydrogen (secondary N) is 1. The third-order valence-electron chi connectivity index (χ3n) is 4.26. The van der Waals surface area contributed by atoms with Crippen LogP contribution in [-0.2, 0) is 16.6 Å². The molecule has 1 N–H and O–H groups in total. The number of sulfonamides is 1. The van der Waals surface area contributed by atoms with Gasteiger partial charge in [-0.3, -0.25) is 4.79 Å². The Kier molecular flexibility index (Phi) is 5.43. The number of rotatable bonds is 8. The van der Waals surface area contributed by atoms with Crippen molar-refractivity contribution in [2.75, 3.05) is 13.2 Å². The highest BCUT2D eigenvalue weighted by atomic mass is 32.2. The Hall–Kier alpha value is -2.19. The highest BCUT2D eigenvalue weighted by molar-refractivity contribution is 7.89. The van der Waals surface area contributed by atoms with Crippen LogP contribution in [0.1, 0.15) is 36.9 Å². The maximum atomic E-state index is 12.5. The van der Waals surface area contributed by atoms with Gasteiger partial charge in [-0.1, -0.05) is 0 Å². The van der Waals surface area contributed by atoms with Gasteiger partial charge in [-0.05, 0) is 56.5 Å². The van der Waals surface area contributed by atoms with Gasteiger partial charge >= 0.3 is 0 Å². The van der Waals surface area contributed by atoms with E-state index in [1.165, 1.54) is 16.8 Å². The van der Waals surface area contributed by atoms with Gasteiger partial charge in [-0.2, -0.15) is 5.10 Å². The summed E-state index contributed by atoms with van der Waals surface area (Å²) in [5.74, 6) is 1.10. The Morgan fingerprint density at radius 3 is 2.69 bits per heavy atom. The van der Waals surface area contributed by atoms with Gasteiger partial charge in [0, 0.05) is 18.5 Å². The van der Waals surface area contributed by atoms with E-state index in [-0.39, 0.29) is 23.5 Å². The quantitative estimate of drug-likeness (QED) is 0.758.